The molecule has 29 heavy (non-hydrogen) atoms. The van der Waals surface area contributed by atoms with Gasteiger partial charge >= 0.3 is 0 Å². The van der Waals surface area contributed by atoms with E-state index in [1.165, 1.54) is 18.2 Å². The Hall–Kier alpha value is -1.67. The highest BCUT2D eigenvalue weighted by molar-refractivity contribution is 7.89. The average Bonchev–Trinajstić information content (AvgIpc) is 2.66. The van der Waals surface area contributed by atoms with Gasteiger partial charge in [-0.2, -0.15) is 0 Å². The van der Waals surface area contributed by atoms with Crippen molar-refractivity contribution in [2.45, 2.75) is 43.5 Å². The van der Waals surface area contributed by atoms with Crippen LogP contribution in [0.2, 0.25) is 10.0 Å². The number of sulfonamides is 1. The Kier molecular flexibility index (Phi) is 6.83. The Morgan fingerprint density at radius 2 is 1.83 bits per heavy atom. The van der Waals surface area contributed by atoms with Crippen LogP contribution in [0.15, 0.2) is 41.3 Å². The number of halogens is 3. The molecule has 156 valence electrons. The summed E-state index contributed by atoms with van der Waals surface area (Å²) in [6, 6.07) is 7.41. The van der Waals surface area contributed by atoms with E-state index in [0.717, 1.165) is 43.9 Å². The Labute approximate surface area is 179 Å². The van der Waals surface area contributed by atoms with E-state index >= 15 is 0 Å². The van der Waals surface area contributed by atoms with Gasteiger partial charge in [0.15, 0.2) is 0 Å². The Bertz CT molecular complexity index is 1030. The van der Waals surface area contributed by atoms with Crippen molar-refractivity contribution in [3.8, 4) is 0 Å². The van der Waals surface area contributed by atoms with E-state index in [0.29, 0.717) is 5.02 Å². The molecule has 2 aromatic carbocycles. The van der Waals surface area contributed by atoms with E-state index in [1.807, 2.05) is 6.92 Å². The van der Waals surface area contributed by atoms with Gasteiger partial charge in [-0.15, -0.1) is 0 Å². The molecule has 2 aromatic rings. The molecule has 1 saturated carbocycles. The van der Waals surface area contributed by atoms with Gasteiger partial charge in [-0.3, -0.25) is 4.79 Å². The summed E-state index contributed by atoms with van der Waals surface area (Å²) in [5.74, 6) is -1.43. The highest BCUT2D eigenvalue weighted by atomic mass is 35.5. The van der Waals surface area contributed by atoms with Crippen LogP contribution in [0.5, 0.6) is 0 Å². The van der Waals surface area contributed by atoms with Crippen molar-refractivity contribution < 1.29 is 17.6 Å². The van der Waals surface area contributed by atoms with Crippen molar-refractivity contribution >= 4 is 44.8 Å². The molecule has 3 rings (SSSR count). The normalized spacial score (nSPS) is 19.7. The molecule has 0 unspecified atom stereocenters. The minimum absolute atomic E-state index is 0.163. The predicted molar refractivity (Wildman–Crippen MR) is 113 cm³/mol. The first kappa shape index (κ1) is 22.0. The van der Waals surface area contributed by atoms with Crippen molar-refractivity contribution in [3.05, 3.63) is 57.8 Å². The number of anilines is 1. The lowest BCUT2D eigenvalue weighted by Crippen LogP contribution is -2.41. The van der Waals surface area contributed by atoms with Crippen LogP contribution in [-0.4, -0.2) is 20.4 Å². The Balaban J connectivity index is 1.84. The zero-order chi connectivity index (χ0) is 21.2. The maximum atomic E-state index is 14.3. The first-order chi connectivity index (χ1) is 13.7. The van der Waals surface area contributed by atoms with Crippen molar-refractivity contribution in [2.24, 2.45) is 5.92 Å². The van der Waals surface area contributed by atoms with Crippen molar-refractivity contribution in [1.82, 2.24) is 4.72 Å². The van der Waals surface area contributed by atoms with Gasteiger partial charge in [0.05, 0.1) is 21.2 Å². The first-order valence-electron chi connectivity index (χ1n) is 9.25. The van der Waals surface area contributed by atoms with Gasteiger partial charge in [0.25, 0.3) is 5.91 Å². The van der Waals surface area contributed by atoms with E-state index in [1.54, 1.807) is 0 Å². The highest BCUT2D eigenvalue weighted by Gasteiger charge is 2.28. The summed E-state index contributed by atoms with van der Waals surface area (Å²) in [7, 11) is -3.89. The summed E-state index contributed by atoms with van der Waals surface area (Å²) in [6.07, 6.45) is 3.74. The van der Waals surface area contributed by atoms with Crippen LogP contribution in [0.3, 0.4) is 0 Å². The molecule has 0 aliphatic heterocycles. The van der Waals surface area contributed by atoms with E-state index in [-0.39, 0.29) is 27.6 Å². The van der Waals surface area contributed by atoms with Crippen molar-refractivity contribution in [3.63, 3.8) is 0 Å². The molecule has 0 heterocycles. The molecular formula is C20H21Cl2FN2O3S. The average molecular weight is 459 g/mol. The first-order valence-corrected chi connectivity index (χ1v) is 11.5. The van der Waals surface area contributed by atoms with Crippen LogP contribution in [0.4, 0.5) is 10.1 Å². The molecule has 1 aliphatic rings. The molecule has 2 atom stereocenters. The molecule has 5 nitrogen and oxygen atoms in total. The van der Waals surface area contributed by atoms with Gasteiger partial charge in [0, 0.05) is 11.1 Å². The lowest BCUT2D eigenvalue weighted by Gasteiger charge is -2.29. The molecule has 1 fully saturated rings. The summed E-state index contributed by atoms with van der Waals surface area (Å²) in [6.45, 7) is 2.01. The second-order valence-corrected chi connectivity index (χ2v) is 9.77. The molecule has 9 heteroatoms. The third-order valence-electron chi connectivity index (χ3n) is 5.09. The number of hydrogen-bond acceptors (Lipinski definition) is 3. The summed E-state index contributed by atoms with van der Waals surface area (Å²) in [5, 5.41) is 3.04. The van der Waals surface area contributed by atoms with Crippen LogP contribution in [-0.2, 0) is 10.0 Å². The second-order valence-electron chi connectivity index (χ2n) is 7.21. The van der Waals surface area contributed by atoms with E-state index in [9.17, 15) is 17.6 Å². The second kappa shape index (κ2) is 9.00. The van der Waals surface area contributed by atoms with Crippen LogP contribution < -0.4 is 10.0 Å². The molecule has 1 amide bonds. The number of hydrogen-bond donors (Lipinski definition) is 2. The molecule has 0 radical (unpaired) electrons. The van der Waals surface area contributed by atoms with Crippen LogP contribution in [0.25, 0.3) is 0 Å². The quantitative estimate of drug-likeness (QED) is 0.642. The predicted octanol–water partition coefficient (Wildman–Crippen LogP) is 5.24. The number of benzene rings is 2. The number of carbonyl (C=O) groups excluding carboxylic acids is 1. The maximum Gasteiger partial charge on any atom is 0.258 e. The standard InChI is InChI=1S/C20H21Cl2FN2O3S/c1-12-4-2-3-5-18(12)25-29(27,28)14-7-8-17(23)15(11-14)20(26)24-19-9-6-13(21)10-16(19)22/h6-12,18,25H,2-5H2,1H3,(H,24,26)/t12-,18+/m1/s1. The largest absolute Gasteiger partial charge is 0.321 e. The van der Waals surface area contributed by atoms with Crippen molar-refractivity contribution in [1.29, 1.82) is 0 Å². The highest BCUT2D eigenvalue weighted by Crippen LogP contribution is 2.28. The molecule has 0 aromatic heterocycles. The topological polar surface area (TPSA) is 75.3 Å². The zero-order valence-electron chi connectivity index (χ0n) is 15.7. The Morgan fingerprint density at radius 1 is 1.10 bits per heavy atom. The zero-order valence-corrected chi connectivity index (χ0v) is 18.0. The summed E-state index contributed by atoms with van der Waals surface area (Å²) >= 11 is 11.9. The molecular weight excluding hydrogens is 438 g/mol. The number of nitrogens with one attached hydrogen (secondary N) is 2. The maximum absolute atomic E-state index is 14.3. The Morgan fingerprint density at radius 3 is 2.52 bits per heavy atom. The number of amides is 1. The molecule has 1 aliphatic carbocycles. The fraction of sp³-hybridized carbons (Fsp3) is 0.350. The summed E-state index contributed by atoms with van der Waals surface area (Å²) in [5.41, 5.74) is -0.154. The molecule has 0 spiro atoms. The lowest BCUT2D eigenvalue weighted by molar-refractivity contribution is 0.102. The van der Waals surface area contributed by atoms with Crippen molar-refractivity contribution in [2.75, 3.05) is 5.32 Å². The monoisotopic (exact) mass is 458 g/mol. The third kappa shape index (κ3) is 5.28. The minimum atomic E-state index is -3.89. The van der Waals surface area contributed by atoms with Gasteiger partial charge in [-0.05, 0) is 55.2 Å². The molecule has 0 saturated heterocycles. The van der Waals surface area contributed by atoms with E-state index < -0.39 is 27.3 Å². The third-order valence-corrected chi connectivity index (χ3v) is 7.13. The summed E-state index contributed by atoms with van der Waals surface area (Å²) in [4.78, 5) is 12.4. The SMILES string of the molecule is C[C@@H]1CCCC[C@@H]1NS(=O)(=O)c1ccc(F)c(C(=O)Nc2ccc(Cl)cc2Cl)c1. The summed E-state index contributed by atoms with van der Waals surface area (Å²) < 4.78 is 42.5. The molecule has 0 bridgehead atoms. The van der Waals surface area contributed by atoms with Gasteiger partial charge in [-0.25, -0.2) is 17.5 Å². The minimum Gasteiger partial charge on any atom is -0.321 e. The number of rotatable bonds is 5. The fourth-order valence-corrected chi connectivity index (χ4v) is 5.25. The van der Waals surface area contributed by atoms with Crippen LogP contribution in [0, 0.1) is 11.7 Å². The number of carbonyl (C=O) groups is 1. The van der Waals surface area contributed by atoms with Gasteiger partial charge in [-0.1, -0.05) is 43.0 Å². The van der Waals surface area contributed by atoms with Crippen LogP contribution >= 0.6 is 23.2 Å². The van der Waals surface area contributed by atoms with Crippen LogP contribution in [0.1, 0.15) is 43.0 Å². The van der Waals surface area contributed by atoms with E-state index in [2.05, 4.69) is 10.0 Å². The van der Waals surface area contributed by atoms with Gasteiger partial charge in [0.2, 0.25) is 10.0 Å². The van der Waals surface area contributed by atoms with Gasteiger partial charge < -0.3 is 5.32 Å². The van der Waals surface area contributed by atoms with E-state index in [4.69, 9.17) is 23.2 Å². The van der Waals surface area contributed by atoms with Gasteiger partial charge in [0.1, 0.15) is 5.82 Å². The fourth-order valence-electron chi connectivity index (χ4n) is 3.38. The molecule has 2 N–H and O–H groups in total. The lowest BCUT2D eigenvalue weighted by atomic mass is 9.87. The smallest absolute Gasteiger partial charge is 0.258 e.